The van der Waals surface area contributed by atoms with Crippen LogP contribution in [0.15, 0.2) is 29.2 Å². The van der Waals surface area contributed by atoms with Gasteiger partial charge < -0.3 is 10.5 Å². The average Bonchev–Trinajstić information content (AvgIpc) is 2.39. The van der Waals surface area contributed by atoms with Gasteiger partial charge in [-0.05, 0) is 37.8 Å². The Hall–Kier alpha value is -1.11. The smallest absolute Gasteiger partial charge is 0.242 e. The Bertz CT molecular complexity index is 524. The second-order valence-electron chi connectivity index (χ2n) is 4.90. The van der Waals surface area contributed by atoms with Gasteiger partial charge in [0.25, 0.3) is 0 Å². The van der Waals surface area contributed by atoms with Crippen molar-refractivity contribution in [2.45, 2.75) is 30.7 Å². The van der Waals surface area contributed by atoms with Crippen molar-refractivity contribution in [3.05, 3.63) is 24.3 Å². The van der Waals surface area contributed by atoms with Crippen molar-refractivity contribution < 1.29 is 13.2 Å². The summed E-state index contributed by atoms with van der Waals surface area (Å²) in [4.78, 5) is 0.147. The first kappa shape index (κ1) is 14.3. The van der Waals surface area contributed by atoms with Crippen molar-refractivity contribution in [1.82, 2.24) is 4.72 Å². The van der Waals surface area contributed by atoms with E-state index < -0.39 is 10.0 Å². The highest BCUT2D eigenvalue weighted by atomic mass is 32.2. The third kappa shape index (κ3) is 3.46. The highest BCUT2D eigenvalue weighted by molar-refractivity contribution is 7.89. The van der Waals surface area contributed by atoms with Gasteiger partial charge in [-0.3, -0.25) is 0 Å². The molecule has 1 aliphatic heterocycles. The molecule has 5 nitrogen and oxygen atoms in total. The van der Waals surface area contributed by atoms with E-state index in [1.807, 2.05) is 6.92 Å². The van der Waals surface area contributed by atoms with Crippen LogP contribution < -0.4 is 10.5 Å². The molecule has 1 aliphatic rings. The summed E-state index contributed by atoms with van der Waals surface area (Å²) in [5.41, 5.74) is 5.99. The van der Waals surface area contributed by atoms with Crippen molar-refractivity contribution in [3.8, 4) is 0 Å². The number of para-hydroxylation sites is 1. The average molecular weight is 284 g/mol. The standard InChI is InChI=1S/C13H20N2O3S/c1-10(11-6-8-18-9-7-11)15-19(16,17)13-5-3-2-4-12(13)14/h2-5,10-11,15H,6-9,14H2,1H3. The number of rotatable bonds is 4. The maximum atomic E-state index is 12.3. The quantitative estimate of drug-likeness (QED) is 0.818. The second-order valence-corrected chi connectivity index (χ2v) is 6.58. The van der Waals surface area contributed by atoms with Gasteiger partial charge in [0.2, 0.25) is 10.0 Å². The lowest BCUT2D eigenvalue weighted by Crippen LogP contribution is -2.40. The van der Waals surface area contributed by atoms with E-state index >= 15 is 0 Å². The minimum Gasteiger partial charge on any atom is -0.398 e. The van der Waals surface area contributed by atoms with Crippen LogP contribution in [0.4, 0.5) is 5.69 Å². The molecule has 1 heterocycles. The summed E-state index contributed by atoms with van der Waals surface area (Å²) >= 11 is 0. The molecule has 1 unspecified atom stereocenters. The van der Waals surface area contributed by atoms with Crippen LogP contribution >= 0.6 is 0 Å². The van der Waals surface area contributed by atoms with Crippen LogP contribution in [0, 0.1) is 5.92 Å². The van der Waals surface area contributed by atoms with Gasteiger partial charge in [0.1, 0.15) is 4.90 Å². The van der Waals surface area contributed by atoms with E-state index in [1.54, 1.807) is 18.2 Å². The molecular formula is C13H20N2O3S. The third-order valence-electron chi connectivity index (χ3n) is 3.52. The molecule has 1 aromatic rings. The Balaban J connectivity index is 2.11. The van der Waals surface area contributed by atoms with E-state index in [9.17, 15) is 8.42 Å². The number of ether oxygens (including phenoxy) is 1. The fourth-order valence-electron chi connectivity index (χ4n) is 2.35. The highest BCUT2D eigenvalue weighted by Gasteiger charge is 2.26. The predicted octanol–water partition coefficient (Wildman–Crippen LogP) is 1.36. The van der Waals surface area contributed by atoms with Crippen LogP contribution in [-0.4, -0.2) is 27.7 Å². The minimum atomic E-state index is -3.56. The summed E-state index contributed by atoms with van der Waals surface area (Å²) < 4.78 is 32.6. The molecule has 1 saturated heterocycles. The summed E-state index contributed by atoms with van der Waals surface area (Å²) in [6, 6.07) is 6.39. The summed E-state index contributed by atoms with van der Waals surface area (Å²) in [6.45, 7) is 3.29. The molecule has 0 aromatic heterocycles. The monoisotopic (exact) mass is 284 g/mol. The molecule has 1 fully saturated rings. The van der Waals surface area contributed by atoms with Crippen LogP contribution in [-0.2, 0) is 14.8 Å². The zero-order chi connectivity index (χ0) is 13.9. The molecule has 106 valence electrons. The van der Waals surface area contributed by atoms with Gasteiger partial charge in [-0.15, -0.1) is 0 Å². The molecular weight excluding hydrogens is 264 g/mol. The number of benzene rings is 1. The highest BCUT2D eigenvalue weighted by Crippen LogP contribution is 2.22. The number of hydrogen-bond donors (Lipinski definition) is 2. The Morgan fingerprint density at radius 2 is 1.95 bits per heavy atom. The second kappa shape index (κ2) is 5.90. The fraction of sp³-hybridized carbons (Fsp3) is 0.538. The van der Waals surface area contributed by atoms with E-state index in [-0.39, 0.29) is 16.6 Å². The van der Waals surface area contributed by atoms with Gasteiger partial charge in [-0.1, -0.05) is 12.1 Å². The van der Waals surface area contributed by atoms with Gasteiger partial charge in [0.05, 0.1) is 5.69 Å². The number of nitrogen functional groups attached to an aromatic ring is 1. The van der Waals surface area contributed by atoms with E-state index in [0.717, 1.165) is 12.8 Å². The first-order valence-corrected chi connectivity index (χ1v) is 7.93. The first-order chi connectivity index (χ1) is 9.00. The number of sulfonamides is 1. The van der Waals surface area contributed by atoms with Crippen molar-refractivity contribution in [3.63, 3.8) is 0 Å². The Morgan fingerprint density at radius 3 is 2.58 bits per heavy atom. The lowest BCUT2D eigenvalue weighted by Gasteiger charge is -2.28. The summed E-state index contributed by atoms with van der Waals surface area (Å²) in [5, 5.41) is 0. The van der Waals surface area contributed by atoms with E-state index in [1.165, 1.54) is 6.07 Å². The molecule has 6 heteroatoms. The molecule has 0 aliphatic carbocycles. The molecule has 0 spiro atoms. The maximum absolute atomic E-state index is 12.3. The zero-order valence-electron chi connectivity index (χ0n) is 11.0. The zero-order valence-corrected chi connectivity index (χ0v) is 11.8. The van der Waals surface area contributed by atoms with Gasteiger partial charge in [-0.25, -0.2) is 13.1 Å². The Morgan fingerprint density at radius 1 is 1.32 bits per heavy atom. The summed E-state index contributed by atoms with van der Waals surface area (Å²) in [6.07, 6.45) is 1.77. The number of anilines is 1. The number of nitrogens with one attached hydrogen (secondary N) is 1. The van der Waals surface area contributed by atoms with Crippen molar-refractivity contribution in [2.24, 2.45) is 5.92 Å². The minimum absolute atomic E-state index is 0.117. The number of nitrogens with two attached hydrogens (primary N) is 1. The first-order valence-electron chi connectivity index (χ1n) is 6.45. The van der Waals surface area contributed by atoms with E-state index in [0.29, 0.717) is 19.1 Å². The Kier molecular flexibility index (Phi) is 4.44. The van der Waals surface area contributed by atoms with Crippen molar-refractivity contribution >= 4 is 15.7 Å². The Labute approximate surface area is 114 Å². The van der Waals surface area contributed by atoms with Crippen LogP contribution in [0.25, 0.3) is 0 Å². The molecule has 0 radical (unpaired) electrons. The van der Waals surface area contributed by atoms with E-state index in [2.05, 4.69) is 4.72 Å². The normalized spacial score (nSPS) is 19.2. The molecule has 0 amide bonds. The maximum Gasteiger partial charge on any atom is 0.242 e. The predicted molar refractivity (Wildman–Crippen MR) is 74.2 cm³/mol. The number of hydrogen-bond acceptors (Lipinski definition) is 4. The van der Waals surface area contributed by atoms with E-state index in [4.69, 9.17) is 10.5 Å². The molecule has 0 bridgehead atoms. The lowest BCUT2D eigenvalue weighted by atomic mass is 9.94. The fourth-order valence-corrected chi connectivity index (χ4v) is 3.79. The van der Waals surface area contributed by atoms with Crippen molar-refractivity contribution in [1.29, 1.82) is 0 Å². The molecule has 1 aromatic carbocycles. The van der Waals surface area contributed by atoms with Gasteiger partial charge in [0, 0.05) is 19.3 Å². The van der Waals surface area contributed by atoms with Gasteiger partial charge in [-0.2, -0.15) is 0 Å². The molecule has 0 saturated carbocycles. The molecule has 19 heavy (non-hydrogen) atoms. The van der Waals surface area contributed by atoms with Crippen LogP contribution in [0.1, 0.15) is 19.8 Å². The molecule has 3 N–H and O–H groups in total. The topological polar surface area (TPSA) is 81.4 Å². The SMILES string of the molecule is CC(NS(=O)(=O)c1ccccc1N)C1CCOCC1. The van der Waals surface area contributed by atoms with Crippen LogP contribution in [0.5, 0.6) is 0 Å². The summed E-state index contributed by atoms with van der Waals surface area (Å²) in [5.74, 6) is 0.313. The van der Waals surface area contributed by atoms with Crippen LogP contribution in [0.3, 0.4) is 0 Å². The van der Waals surface area contributed by atoms with Gasteiger partial charge in [0.15, 0.2) is 0 Å². The summed E-state index contributed by atoms with van der Waals surface area (Å²) in [7, 11) is -3.56. The molecule has 2 rings (SSSR count). The van der Waals surface area contributed by atoms with Crippen LogP contribution in [0.2, 0.25) is 0 Å². The third-order valence-corrected chi connectivity index (χ3v) is 5.16. The lowest BCUT2D eigenvalue weighted by molar-refractivity contribution is 0.0586. The molecule has 1 atom stereocenters. The largest absolute Gasteiger partial charge is 0.398 e. The van der Waals surface area contributed by atoms with Gasteiger partial charge >= 0.3 is 0 Å². The van der Waals surface area contributed by atoms with Crippen molar-refractivity contribution in [2.75, 3.05) is 18.9 Å².